The summed E-state index contributed by atoms with van der Waals surface area (Å²) in [5.74, 6) is 0. The first kappa shape index (κ1) is 13.7. The molecular formula is C14H21ClN2O. The van der Waals surface area contributed by atoms with Crippen LogP contribution in [0.15, 0.2) is 18.2 Å². The van der Waals surface area contributed by atoms with Crippen molar-refractivity contribution >= 4 is 17.3 Å². The van der Waals surface area contributed by atoms with Crippen LogP contribution in [0.1, 0.15) is 18.4 Å². The van der Waals surface area contributed by atoms with Crippen LogP contribution in [0.2, 0.25) is 5.02 Å². The summed E-state index contributed by atoms with van der Waals surface area (Å²) in [6.45, 7) is 4.77. The molecule has 1 aliphatic heterocycles. The van der Waals surface area contributed by atoms with Gasteiger partial charge in [0.1, 0.15) is 0 Å². The molecule has 1 fully saturated rings. The van der Waals surface area contributed by atoms with Gasteiger partial charge in [0.25, 0.3) is 0 Å². The molecule has 1 saturated heterocycles. The molecule has 0 aliphatic carbocycles. The third-order valence-corrected chi connectivity index (χ3v) is 3.53. The lowest BCUT2D eigenvalue weighted by Crippen LogP contribution is -2.23. The van der Waals surface area contributed by atoms with E-state index in [4.69, 9.17) is 16.3 Å². The minimum Gasteiger partial charge on any atom is -0.383 e. The number of ether oxygens (including phenoxy) is 1. The van der Waals surface area contributed by atoms with E-state index in [2.05, 4.69) is 22.3 Å². The summed E-state index contributed by atoms with van der Waals surface area (Å²) in [6.07, 6.45) is 2.56. The quantitative estimate of drug-likeness (QED) is 0.803. The highest BCUT2D eigenvalue weighted by Gasteiger charge is 2.15. The first-order valence-electron chi connectivity index (χ1n) is 6.54. The number of hydrogen-bond acceptors (Lipinski definition) is 3. The Hall–Kier alpha value is -0.770. The van der Waals surface area contributed by atoms with Crippen molar-refractivity contribution in [3.63, 3.8) is 0 Å². The van der Waals surface area contributed by atoms with Crippen LogP contribution in [0.4, 0.5) is 5.69 Å². The summed E-state index contributed by atoms with van der Waals surface area (Å²) in [5.41, 5.74) is 2.60. The highest BCUT2D eigenvalue weighted by atomic mass is 35.5. The maximum absolute atomic E-state index is 6.11. The van der Waals surface area contributed by atoms with E-state index < -0.39 is 0 Å². The molecule has 100 valence electrons. The van der Waals surface area contributed by atoms with Crippen molar-refractivity contribution in [1.29, 1.82) is 0 Å². The van der Waals surface area contributed by atoms with Crippen LogP contribution in [0, 0.1) is 0 Å². The molecule has 1 heterocycles. The molecule has 0 atom stereocenters. The van der Waals surface area contributed by atoms with Crippen LogP contribution in [0.3, 0.4) is 0 Å². The lowest BCUT2D eigenvalue weighted by atomic mass is 10.1. The van der Waals surface area contributed by atoms with E-state index in [1.165, 1.54) is 24.1 Å². The molecular weight excluding hydrogens is 248 g/mol. The Labute approximate surface area is 114 Å². The standard InChI is InChI=1S/C14H21ClN2O/c1-18-9-6-16-11-12-4-5-13(15)10-14(12)17-7-2-3-8-17/h4-5,10,16H,2-3,6-9,11H2,1H3. The highest BCUT2D eigenvalue weighted by Crippen LogP contribution is 2.27. The molecule has 0 bridgehead atoms. The molecule has 4 heteroatoms. The molecule has 0 aromatic heterocycles. The second kappa shape index (κ2) is 6.98. The van der Waals surface area contributed by atoms with Crippen molar-refractivity contribution in [2.45, 2.75) is 19.4 Å². The molecule has 0 amide bonds. The van der Waals surface area contributed by atoms with Gasteiger partial charge in [-0.3, -0.25) is 0 Å². The van der Waals surface area contributed by atoms with Gasteiger partial charge in [-0.2, -0.15) is 0 Å². The molecule has 3 nitrogen and oxygen atoms in total. The number of methoxy groups -OCH3 is 1. The van der Waals surface area contributed by atoms with Gasteiger partial charge in [-0.25, -0.2) is 0 Å². The van der Waals surface area contributed by atoms with Crippen LogP contribution in [0.5, 0.6) is 0 Å². The van der Waals surface area contributed by atoms with Crippen molar-refractivity contribution in [1.82, 2.24) is 5.32 Å². The Morgan fingerprint density at radius 3 is 2.83 bits per heavy atom. The molecule has 1 aromatic rings. The second-order valence-corrected chi connectivity index (χ2v) is 5.07. The zero-order valence-corrected chi connectivity index (χ0v) is 11.7. The van der Waals surface area contributed by atoms with Gasteiger partial charge in [0.15, 0.2) is 0 Å². The normalized spacial score (nSPS) is 15.3. The molecule has 2 rings (SSSR count). The lowest BCUT2D eigenvalue weighted by molar-refractivity contribution is 0.199. The fourth-order valence-electron chi connectivity index (χ4n) is 2.34. The predicted octanol–water partition coefficient (Wildman–Crippen LogP) is 2.68. The fourth-order valence-corrected chi connectivity index (χ4v) is 2.50. The minimum absolute atomic E-state index is 0.743. The van der Waals surface area contributed by atoms with E-state index in [1.807, 2.05) is 6.07 Å². The summed E-state index contributed by atoms with van der Waals surface area (Å²) in [5, 5.41) is 4.21. The average Bonchev–Trinajstić information content (AvgIpc) is 2.90. The first-order valence-corrected chi connectivity index (χ1v) is 6.92. The number of anilines is 1. The van der Waals surface area contributed by atoms with Crippen LogP contribution in [-0.2, 0) is 11.3 Å². The van der Waals surface area contributed by atoms with Gasteiger partial charge in [0.05, 0.1) is 6.61 Å². The molecule has 0 saturated carbocycles. The SMILES string of the molecule is COCCNCc1ccc(Cl)cc1N1CCCC1. The average molecular weight is 269 g/mol. The smallest absolute Gasteiger partial charge is 0.0587 e. The van der Waals surface area contributed by atoms with Gasteiger partial charge in [-0.15, -0.1) is 0 Å². The summed E-state index contributed by atoms with van der Waals surface area (Å²) in [6, 6.07) is 6.17. The Balaban J connectivity index is 2.03. The van der Waals surface area contributed by atoms with E-state index in [1.54, 1.807) is 7.11 Å². The highest BCUT2D eigenvalue weighted by molar-refractivity contribution is 6.30. The van der Waals surface area contributed by atoms with Gasteiger partial charge >= 0.3 is 0 Å². The van der Waals surface area contributed by atoms with Gasteiger partial charge < -0.3 is 15.0 Å². The molecule has 0 radical (unpaired) electrons. The van der Waals surface area contributed by atoms with Crippen molar-refractivity contribution in [2.75, 3.05) is 38.3 Å². The number of nitrogens with one attached hydrogen (secondary N) is 1. The molecule has 0 spiro atoms. The van der Waals surface area contributed by atoms with Crippen molar-refractivity contribution in [2.24, 2.45) is 0 Å². The van der Waals surface area contributed by atoms with Crippen molar-refractivity contribution < 1.29 is 4.74 Å². The second-order valence-electron chi connectivity index (χ2n) is 4.64. The monoisotopic (exact) mass is 268 g/mol. The van der Waals surface area contributed by atoms with E-state index in [9.17, 15) is 0 Å². The maximum atomic E-state index is 6.11. The molecule has 1 N–H and O–H groups in total. The molecule has 18 heavy (non-hydrogen) atoms. The Morgan fingerprint density at radius 2 is 2.11 bits per heavy atom. The van der Waals surface area contributed by atoms with Crippen LogP contribution in [-0.4, -0.2) is 33.4 Å². The summed E-state index contributed by atoms with van der Waals surface area (Å²) in [7, 11) is 1.72. The zero-order chi connectivity index (χ0) is 12.8. The Kier molecular flexibility index (Phi) is 5.29. The molecule has 0 unspecified atom stereocenters. The van der Waals surface area contributed by atoms with E-state index in [0.717, 1.165) is 37.8 Å². The molecule has 1 aromatic carbocycles. The topological polar surface area (TPSA) is 24.5 Å². The number of benzene rings is 1. The summed E-state index contributed by atoms with van der Waals surface area (Å²) >= 11 is 6.11. The molecule has 1 aliphatic rings. The number of hydrogen-bond donors (Lipinski definition) is 1. The van der Waals surface area contributed by atoms with Crippen LogP contribution in [0.25, 0.3) is 0 Å². The number of nitrogens with zero attached hydrogens (tertiary/aromatic N) is 1. The Morgan fingerprint density at radius 1 is 1.33 bits per heavy atom. The van der Waals surface area contributed by atoms with E-state index in [-0.39, 0.29) is 0 Å². The summed E-state index contributed by atoms with van der Waals surface area (Å²) in [4.78, 5) is 2.43. The fraction of sp³-hybridized carbons (Fsp3) is 0.571. The van der Waals surface area contributed by atoms with Crippen molar-refractivity contribution in [3.8, 4) is 0 Å². The van der Waals surface area contributed by atoms with Gasteiger partial charge in [0, 0.05) is 44.0 Å². The third-order valence-electron chi connectivity index (χ3n) is 3.29. The Bertz CT molecular complexity index is 378. The summed E-state index contributed by atoms with van der Waals surface area (Å²) < 4.78 is 5.03. The van der Waals surface area contributed by atoms with Crippen LogP contribution < -0.4 is 10.2 Å². The van der Waals surface area contributed by atoms with Gasteiger partial charge in [0.2, 0.25) is 0 Å². The first-order chi connectivity index (χ1) is 8.81. The minimum atomic E-state index is 0.743. The lowest BCUT2D eigenvalue weighted by Gasteiger charge is -2.22. The van der Waals surface area contributed by atoms with Crippen LogP contribution >= 0.6 is 11.6 Å². The van der Waals surface area contributed by atoms with Gasteiger partial charge in [-0.05, 0) is 30.5 Å². The zero-order valence-electron chi connectivity index (χ0n) is 10.9. The predicted molar refractivity (Wildman–Crippen MR) is 76.5 cm³/mol. The third kappa shape index (κ3) is 3.61. The van der Waals surface area contributed by atoms with Crippen molar-refractivity contribution in [3.05, 3.63) is 28.8 Å². The van der Waals surface area contributed by atoms with Gasteiger partial charge in [-0.1, -0.05) is 17.7 Å². The number of halogens is 1. The number of rotatable bonds is 6. The van der Waals surface area contributed by atoms with E-state index in [0.29, 0.717) is 0 Å². The van der Waals surface area contributed by atoms with E-state index >= 15 is 0 Å². The largest absolute Gasteiger partial charge is 0.383 e. The maximum Gasteiger partial charge on any atom is 0.0587 e.